The third kappa shape index (κ3) is 4.67. The molecule has 6 rings (SSSR count). The van der Waals surface area contributed by atoms with Gasteiger partial charge in [0, 0.05) is 41.2 Å². The van der Waals surface area contributed by atoms with E-state index >= 15 is 0 Å². The number of hydrogen-bond donors (Lipinski definition) is 1. The summed E-state index contributed by atoms with van der Waals surface area (Å²) in [7, 11) is 0. The topological polar surface area (TPSA) is 46.8 Å². The van der Waals surface area contributed by atoms with E-state index in [-0.39, 0.29) is 5.91 Å². The highest BCUT2D eigenvalue weighted by Crippen LogP contribution is 2.23. The van der Waals surface area contributed by atoms with Crippen LogP contribution in [0.4, 0.5) is 11.4 Å². The Balaban J connectivity index is 1.38. The second kappa shape index (κ2) is 10.1. The van der Waals surface area contributed by atoms with Gasteiger partial charge in [-0.05, 0) is 71.8 Å². The van der Waals surface area contributed by atoms with Crippen molar-refractivity contribution in [1.82, 2.24) is 4.98 Å². The molecule has 180 valence electrons. The number of carbonyl (C=O) groups excluding carboxylic acids is 1. The average Bonchev–Trinajstić information content (AvgIpc) is 2.96. The molecule has 38 heavy (non-hydrogen) atoms. The highest BCUT2D eigenvalue weighted by molar-refractivity contribution is 6.08. The minimum absolute atomic E-state index is 0.0222. The van der Waals surface area contributed by atoms with E-state index in [9.17, 15) is 4.79 Å². The molecule has 4 heteroatoms. The van der Waals surface area contributed by atoms with Crippen molar-refractivity contribution < 1.29 is 9.69 Å². The molecule has 0 saturated heterocycles. The number of aryl methyl sites for hydroxylation is 1. The summed E-state index contributed by atoms with van der Waals surface area (Å²) in [6.45, 7) is 2.01. The molecule has 0 bridgehead atoms. The number of aliphatic imine (C=N–C) groups is 1. The number of aromatic nitrogens is 1. The number of fused-ring (bicyclic) bond motifs is 2. The molecule has 2 heterocycles. The van der Waals surface area contributed by atoms with E-state index in [4.69, 9.17) is 4.99 Å². The number of amidine groups is 1. The molecule has 0 saturated carbocycles. The van der Waals surface area contributed by atoms with Crippen LogP contribution >= 0.6 is 0 Å². The first kappa shape index (κ1) is 23.3. The maximum absolute atomic E-state index is 13.8. The van der Waals surface area contributed by atoms with Crippen molar-refractivity contribution >= 4 is 40.0 Å². The minimum Gasteiger partial charge on any atom is -0.263 e. The lowest BCUT2D eigenvalue weighted by molar-refractivity contribution is -0.631. The summed E-state index contributed by atoms with van der Waals surface area (Å²) >= 11 is 0. The van der Waals surface area contributed by atoms with Gasteiger partial charge in [-0.2, -0.15) is 9.89 Å². The first-order valence-electron chi connectivity index (χ1n) is 12.5. The highest BCUT2D eigenvalue weighted by atomic mass is 16.2. The third-order valence-electron chi connectivity index (χ3n) is 6.59. The Labute approximate surface area is 221 Å². The Morgan fingerprint density at radius 3 is 2.42 bits per heavy atom. The normalized spacial score (nSPS) is 14.6. The van der Waals surface area contributed by atoms with E-state index in [2.05, 4.69) is 47.2 Å². The molecule has 0 spiro atoms. The van der Waals surface area contributed by atoms with E-state index in [1.807, 2.05) is 85.8 Å². The van der Waals surface area contributed by atoms with Gasteiger partial charge in [0.15, 0.2) is 0 Å². The Morgan fingerprint density at radius 1 is 0.763 bits per heavy atom. The fourth-order valence-electron chi connectivity index (χ4n) is 4.67. The molecular formula is C34H24N3O+. The van der Waals surface area contributed by atoms with Crippen LogP contribution in [0, 0.1) is 18.8 Å². The lowest BCUT2D eigenvalue weighted by Gasteiger charge is -2.22. The van der Waals surface area contributed by atoms with E-state index in [1.54, 1.807) is 12.4 Å². The van der Waals surface area contributed by atoms with Gasteiger partial charge in [0.05, 0.1) is 5.69 Å². The number of nitrogens with zero attached hydrogens (tertiary/aromatic N) is 2. The molecule has 0 aliphatic carbocycles. The Morgan fingerprint density at radius 2 is 1.58 bits per heavy atom. The molecule has 1 N–H and O–H groups in total. The molecule has 0 fully saturated rings. The lowest BCUT2D eigenvalue weighted by atomic mass is 10.0. The first-order chi connectivity index (χ1) is 18.7. The summed E-state index contributed by atoms with van der Waals surface area (Å²) in [4.78, 5) is 23.4. The number of benzene rings is 4. The van der Waals surface area contributed by atoms with Crippen molar-refractivity contribution in [3.05, 3.63) is 143 Å². The van der Waals surface area contributed by atoms with Gasteiger partial charge in [-0.1, -0.05) is 60.4 Å². The summed E-state index contributed by atoms with van der Waals surface area (Å²) in [5.41, 5.74) is 5.92. The molecule has 5 aromatic rings. The second-order valence-corrected chi connectivity index (χ2v) is 9.18. The number of rotatable bonds is 3. The number of quaternary nitrogens is 1. The summed E-state index contributed by atoms with van der Waals surface area (Å²) in [5.74, 6) is 6.98. The molecule has 1 amide bonds. The van der Waals surface area contributed by atoms with Crippen molar-refractivity contribution in [1.29, 1.82) is 0 Å². The predicted molar refractivity (Wildman–Crippen MR) is 153 cm³/mol. The van der Waals surface area contributed by atoms with Gasteiger partial charge < -0.3 is 0 Å². The van der Waals surface area contributed by atoms with Gasteiger partial charge in [-0.15, -0.1) is 0 Å². The molecule has 1 atom stereocenters. The van der Waals surface area contributed by atoms with Gasteiger partial charge in [0.1, 0.15) is 11.3 Å². The molecule has 4 nitrogen and oxygen atoms in total. The van der Waals surface area contributed by atoms with E-state index in [0.29, 0.717) is 22.0 Å². The zero-order valence-electron chi connectivity index (χ0n) is 20.8. The Hall–Kier alpha value is -5.11. The smallest absolute Gasteiger partial charge is 0.263 e. The van der Waals surface area contributed by atoms with Crippen molar-refractivity contribution in [2.24, 2.45) is 4.99 Å². The van der Waals surface area contributed by atoms with Gasteiger partial charge in [0.2, 0.25) is 5.84 Å². The minimum atomic E-state index is -0.0222. The van der Waals surface area contributed by atoms with Crippen LogP contribution in [0.25, 0.3) is 16.8 Å². The Kier molecular flexibility index (Phi) is 6.19. The van der Waals surface area contributed by atoms with Crippen molar-refractivity contribution in [3.63, 3.8) is 0 Å². The van der Waals surface area contributed by atoms with Crippen molar-refractivity contribution in [2.75, 3.05) is 0 Å². The largest absolute Gasteiger partial charge is 0.357 e. The van der Waals surface area contributed by atoms with E-state index in [1.165, 1.54) is 10.8 Å². The van der Waals surface area contributed by atoms with E-state index in [0.717, 1.165) is 27.9 Å². The van der Waals surface area contributed by atoms with Gasteiger partial charge >= 0.3 is 5.91 Å². The average molecular weight is 491 g/mol. The van der Waals surface area contributed by atoms with Crippen LogP contribution in [0.15, 0.2) is 121 Å². The summed E-state index contributed by atoms with van der Waals surface area (Å²) < 4.78 is 0. The molecule has 1 unspecified atom stereocenters. The van der Waals surface area contributed by atoms with Crippen LogP contribution in [-0.2, 0) is 0 Å². The molecule has 1 aliphatic heterocycles. The standard InChI is InChI=1S/C34H23N3O/c1-24-21-25(12-13-27-7-6-20-35-23-27)15-18-32(24)37-33(36-31-11-5-4-10-30(31)34(37)38)19-16-26-14-17-28-8-2-3-9-29(28)22-26/h2-11,14-23H,1H3/p+1/b19-16+. The fourth-order valence-corrected chi connectivity index (χ4v) is 4.67. The first-order valence-corrected chi connectivity index (χ1v) is 12.5. The van der Waals surface area contributed by atoms with Gasteiger partial charge in [-0.3, -0.25) is 4.98 Å². The molecule has 0 radical (unpaired) electrons. The lowest BCUT2D eigenvalue weighted by Crippen LogP contribution is -3.13. The van der Waals surface area contributed by atoms with Crippen molar-refractivity contribution in [3.8, 4) is 11.8 Å². The molecule has 1 aromatic heterocycles. The van der Waals surface area contributed by atoms with Crippen LogP contribution in [0.5, 0.6) is 0 Å². The number of carbonyl (C=O) groups is 1. The summed E-state index contributed by atoms with van der Waals surface area (Å²) in [6, 6.07) is 31.9. The van der Waals surface area contributed by atoms with Crippen LogP contribution in [0.2, 0.25) is 0 Å². The Bertz CT molecular complexity index is 1810. The monoisotopic (exact) mass is 490 g/mol. The fraction of sp³-hybridized carbons (Fsp3) is 0.0294. The number of hydrogen-bond acceptors (Lipinski definition) is 3. The molecule has 4 aromatic carbocycles. The van der Waals surface area contributed by atoms with Crippen LogP contribution in [0.1, 0.15) is 32.6 Å². The number of amides is 1. The van der Waals surface area contributed by atoms with E-state index < -0.39 is 0 Å². The second-order valence-electron chi connectivity index (χ2n) is 9.18. The van der Waals surface area contributed by atoms with Gasteiger partial charge in [-0.25, -0.2) is 4.79 Å². The zero-order valence-corrected chi connectivity index (χ0v) is 20.8. The van der Waals surface area contributed by atoms with Gasteiger partial charge in [0.25, 0.3) is 0 Å². The SMILES string of the molecule is Cc1cc(C#Cc2cccnc2)ccc1[NH+]1C(=O)c2ccccc2N=C1/C=C/c1ccc2ccccc2c1. The number of pyridine rings is 1. The number of para-hydroxylation sites is 1. The van der Waals surface area contributed by atoms with Crippen LogP contribution in [-0.4, -0.2) is 16.7 Å². The van der Waals surface area contributed by atoms with Crippen LogP contribution in [0.3, 0.4) is 0 Å². The third-order valence-corrected chi connectivity index (χ3v) is 6.59. The zero-order chi connectivity index (χ0) is 25.9. The number of nitrogens with one attached hydrogen (secondary N) is 1. The predicted octanol–water partition coefficient (Wildman–Crippen LogP) is 6.06. The maximum Gasteiger partial charge on any atom is 0.357 e. The van der Waals surface area contributed by atoms with Crippen LogP contribution < -0.4 is 4.90 Å². The highest BCUT2D eigenvalue weighted by Gasteiger charge is 2.35. The molecule has 1 aliphatic rings. The quantitative estimate of drug-likeness (QED) is 0.313. The van der Waals surface area contributed by atoms with Crippen molar-refractivity contribution in [2.45, 2.75) is 6.92 Å². The summed E-state index contributed by atoms with van der Waals surface area (Å²) in [6.07, 6.45) is 7.44. The molecular weight excluding hydrogens is 466 g/mol. The maximum atomic E-state index is 13.8. The summed E-state index contributed by atoms with van der Waals surface area (Å²) in [5, 5.41) is 2.36.